The maximum absolute atomic E-state index is 8.88. The number of pyridine rings is 1. The second kappa shape index (κ2) is 7.26. The van der Waals surface area contributed by atoms with Crippen LogP contribution in [0.4, 0.5) is 5.82 Å². The maximum Gasteiger partial charge on any atom is 0.147 e. The number of thiazole rings is 1. The molecule has 1 saturated heterocycles. The fourth-order valence-electron chi connectivity index (χ4n) is 2.66. The summed E-state index contributed by atoms with van der Waals surface area (Å²) in [7, 11) is 0. The molecule has 2 aromatic heterocycles. The van der Waals surface area contributed by atoms with Gasteiger partial charge in [-0.25, -0.2) is 9.97 Å². The smallest absolute Gasteiger partial charge is 0.147 e. The van der Waals surface area contributed by atoms with Gasteiger partial charge in [0.05, 0.1) is 21.3 Å². The average molecular weight is 348 g/mol. The van der Waals surface area contributed by atoms with Gasteiger partial charge in [0.15, 0.2) is 0 Å². The van der Waals surface area contributed by atoms with Crippen molar-refractivity contribution in [3.05, 3.63) is 38.9 Å². The number of halogens is 1. The monoisotopic (exact) mass is 347 g/mol. The van der Waals surface area contributed by atoms with Gasteiger partial charge in [0.25, 0.3) is 0 Å². The summed E-state index contributed by atoms with van der Waals surface area (Å²) in [5.74, 6) is 0.771. The van der Waals surface area contributed by atoms with Crippen LogP contribution in [0.5, 0.6) is 0 Å². The first-order valence-electron chi connectivity index (χ1n) is 7.66. The summed E-state index contributed by atoms with van der Waals surface area (Å²) in [5.41, 5.74) is 1.66. The van der Waals surface area contributed by atoms with Crippen molar-refractivity contribution in [2.24, 2.45) is 0 Å². The predicted octanol–water partition coefficient (Wildman–Crippen LogP) is 2.95. The highest BCUT2D eigenvalue weighted by Crippen LogP contribution is 2.25. The number of hydrogen-bond donors (Lipinski definition) is 0. The fourth-order valence-corrected chi connectivity index (χ4v) is 3.68. The fraction of sp³-hybridized carbons (Fsp3) is 0.438. The molecule has 5 nitrogen and oxygen atoms in total. The van der Waals surface area contributed by atoms with E-state index >= 15 is 0 Å². The van der Waals surface area contributed by atoms with Gasteiger partial charge in [0, 0.05) is 44.3 Å². The minimum Gasteiger partial charge on any atom is -0.353 e. The topological polar surface area (TPSA) is 56.1 Å². The standard InChI is InChI=1S/C16H18ClN5S/c1-2-15-20-13(11-23-15)10-21-3-5-22(6-4-21)16-14(17)7-12(8-18)9-19-16/h7,9,11H,2-6,10H2,1H3. The van der Waals surface area contributed by atoms with Crippen molar-refractivity contribution in [3.63, 3.8) is 0 Å². The van der Waals surface area contributed by atoms with E-state index in [0.717, 1.165) is 50.7 Å². The van der Waals surface area contributed by atoms with Gasteiger partial charge in [-0.15, -0.1) is 11.3 Å². The van der Waals surface area contributed by atoms with Gasteiger partial charge in [-0.3, -0.25) is 4.90 Å². The predicted molar refractivity (Wildman–Crippen MR) is 92.9 cm³/mol. The average Bonchev–Trinajstić information content (AvgIpc) is 3.03. The number of aryl methyl sites for hydroxylation is 1. The molecule has 0 amide bonds. The van der Waals surface area contributed by atoms with Crippen LogP contribution in [0.15, 0.2) is 17.6 Å². The highest BCUT2D eigenvalue weighted by molar-refractivity contribution is 7.09. The van der Waals surface area contributed by atoms with E-state index in [1.54, 1.807) is 23.6 Å². The third kappa shape index (κ3) is 3.81. The summed E-state index contributed by atoms with van der Waals surface area (Å²) in [6, 6.07) is 3.74. The van der Waals surface area contributed by atoms with Crippen molar-refractivity contribution in [1.82, 2.24) is 14.9 Å². The normalized spacial score (nSPS) is 15.6. The van der Waals surface area contributed by atoms with Crippen molar-refractivity contribution in [3.8, 4) is 6.07 Å². The number of nitriles is 1. The molecule has 1 fully saturated rings. The van der Waals surface area contributed by atoms with Crippen LogP contribution >= 0.6 is 22.9 Å². The van der Waals surface area contributed by atoms with E-state index in [4.69, 9.17) is 16.9 Å². The second-order valence-corrected chi connectivity index (χ2v) is 6.84. The van der Waals surface area contributed by atoms with Crippen molar-refractivity contribution >= 4 is 28.8 Å². The van der Waals surface area contributed by atoms with Crippen LogP contribution in [0.2, 0.25) is 5.02 Å². The molecule has 0 unspecified atom stereocenters. The lowest BCUT2D eigenvalue weighted by molar-refractivity contribution is 0.247. The summed E-state index contributed by atoms with van der Waals surface area (Å²) in [5, 5.41) is 12.8. The van der Waals surface area contributed by atoms with E-state index in [2.05, 4.69) is 38.1 Å². The Morgan fingerprint density at radius 2 is 2.13 bits per heavy atom. The lowest BCUT2D eigenvalue weighted by atomic mass is 10.2. The number of hydrogen-bond acceptors (Lipinski definition) is 6. The van der Waals surface area contributed by atoms with Gasteiger partial charge < -0.3 is 4.90 Å². The first kappa shape index (κ1) is 16.2. The minimum absolute atomic E-state index is 0.493. The van der Waals surface area contributed by atoms with Gasteiger partial charge in [-0.1, -0.05) is 18.5 Å². The highest BCUT2D eigenvalue weighted by atomic mass is 35.5. The molecule has 0 bridgehead atoms. The van der Waals surface area contributed by atoms with Crippen LogP contribution in [0.1, 0.15) is 23.2 Å². The molecule has 0 N–H and O–H groups in total. The molecule has 0 spiro atoms. The highest BCUT2D eigenvalue weighted by Gasteiger charge is 2.20. The summed E-state index contributed by atoms with van der Waals surface area (Å²) < 4.78 is 0. The Bertz CT molecular complexity index is 716. The third-order valence-electron chi connectivity index (χ3n) is 3.91. The van der Waals surface area contributed by atoms with E-state index in [1.807, 2.05) is 0 Å². The largest absolute Gasteiger partial charge is 0.353 e. The lowest BCUT2D eigenvalue weighted by Gasteiger charge is -2.35. The molecule has 0 atom stereocenters. The molecule has 7 heteroatoms. The quantitative estimate of drug-likeness (QED) is 0.851. The molecule has 1 aliphatic heterocycles. The SMILES string of the molecule is CCc1nc(CN2CCN(c3ncc(C#N)cc3Cl)CC2)cs1. The Morgan fingerprint density at radius 3 is 2.74 bits per heavy atom. The van der Waals surface area contributed by atoms with Crippen molar-refractivity contribution in [2.75, 3.05) is 31.1 Å². The second-order valence-electron chi connectivity index (χ2n) is 5.49. The zero-order valence-electron chi connectivity index (χ0n) is 13.0. The van der Waals surface area contributed by atoms with Crippen molar-refractivity contribution < 1.29 is 0 Å². The minimum atomic E-state index is 0.493. The number of rotatable bonds is 4. The van der Waals surface area contributed by atoms with Gasteiger partial charge >= 0.3 is 0 Å². The van der Waals surface area contributed by atoms with Gasteiger partial charge in [0.2, 0.25) is 0 Å². The Hall–Kier alpha value is -1.68. The van der Waals surface area contributed by atoms with Crippen LogP contribution in [0, 0.1) is 11.3 Å². The molecular formula is C16H18ClN5S. The molecular weight excluding hydrogens is 330 g/mol. The zero-order chi connectivity index (χ0) is 16.2. The van der Waals surface area contributed by atoms with E-state index in [-0.39, 0.29) is 0 Å². The molecule has 120 valence electrons. The Kier molecular flexibility index (Phi) is 5.11. The van der Waals surface area contributed by atoms with Crippen molar-refractivity contribution in [2.45, 2.75) is 19.9 Å². The van der Waals surface area contributed by atoms with E-state index in [9.17, 15) is 0 Å². The molecule has 1 aliphatic rings. The Balaban J connectivity index is 1.59. The number of aromatic nitrogens is 2. The molecule has 3 heterocycles. The molecule has 0 radical (unpaired) electrons. The molecule has 3 rings (SSSR count). The van der Waals surface area contributed by atoms with Gasteiger partial charge in [-0.05, 0) is 12.5 Å². The van der Waals surface area contributed by atoms with Gasteiger partial charge in [-0.2, -0.15) is 5.26 Å². The summed E-state index contributed by atoms with van der Waals surface area (Å²) >= 11 is 7.99. The van der Waals surface area contributed by atoms with E-state index in [1.165, 1.54) is 5.01 Å². The number of piperazine rings is 1. The number of nitrogens with zero attached hydrogens (tertiary/aromatic N) is 5. The summed E-state index contributed by atoms with van der Waals surface area (Å²) in [4.78, 5) is 13.6. The third-order valence-corrected chi connectivity index (χ3v) is 5.23. The van der Waals surface area contributed by atoms with Crippen LogP contribution in [0.25, 0.3) is 0 Å². The first-order chi connectivity index (χ1) is 11.2. The van der Waals surface area contributed by atoms with Crippen LogP contribution in [-0.4, -0.2) is 41.0 Å². The Labute approximate surface area is 145 Å². The van der Waals surface area contributed by atoms with E-state index in [0.29, 0.717) is 10.6 Å². The summed E-state index contributed by atoms with van der Waals surface area (Å²) in [6.45, 7) is 6.70. The number of anilines is 1. The van der Waals surface area contributed by atoms with Gasteiger partial charge in [0.1, 0.15) is 11.9 Å². The molecule has 0 aromatic carbocycles. The van der Waals surface area contributed by atoms with Crippen LogP contribution < -0.4 is 4.90 Å². The first-order valence-corrected chi connectivity index (χ1v) is 8.91. The lowest BCUT2D eigenvalue weighted by Crippen LogP contribution is -2.46. The van der Waals surface area contributed by atoms with E-state index < -0.39 is 0 Å². The van der Waals surface area contributed by atoms with Crippen LogP contribution in [-0.2, 0) is 13.0 Å². The molecule has 2 aromatic rings. The molecule has 0 saturated carbocycles. The van der Waals surface area contributed by atoms with Crippen LogP contribution in [0.3, 0.4) is 0 Å². The maximum atomic E-state index is 8.88. The summed E-state index contributed by atoms with van der Waals surface area (Å²) in [6.07, 6.45) is 2.58. The van der Waals surface area contributed by atoms with Crippen molar-refractivity contribution in [1.29, 1.82) is 5.26 Å². The Morgan fingerprint density at radius 1 is 1.35 bits per heavy atom. The molecule has 0 aliphatic carbocycles. The molecule has 23 heavy (non-hydrogen) atoms. The zero-order valence-corrected chi connectivity index (χ0v) is 14.6.